The Hall–Kier alpha value is -1.53. The molecule has 2 aromatic rings. The topological polar surface area (TPSA) is 76.7 Å². The van der Waals surface area contributed by atoms with Gasteiger partial charge in [-0.15, -0.1) is 0 Å². The number of pyridine rings is 1. The summed E-state index contributed by atoms with van der Waals surface area (Å²) in [7, 11) is 0. The first-order valence-corrected chi connectivity index (χ1v) is 6.80. The van der Waals surface area contributed by atoms with Gasteiger partial charge in [-0.1, -0.05) is 29.4 Å². The highest BCUT2D eigenvalue weighted by Gasteiger charge is 2.09. The molecule has 0 aliphatic rings. The van der Waals surface area contributed by atoms with Crippen LogP contribution in [-0.4, -0.2) is 21.2 Å². The van der Waals surface area contributed by atoms with E-state index in [1.54, 1.807) is 12.4 Å². The van der Waals surface area contributed by atoms with Crippen molar-refractivity contribution in [3.63, 3.8) is 0 Å². The number of nitrogens with zero attached hydrogens (tertiary/aromatic N) is 3. The first-order chi connectivity index (χ1) is 8.70. The molecule has 2 aromatic heterocycles. The molecule has 0 amide bonds. The number of halogens is 1. The summed E-state index contributed by atoms with van der Waals surface area (Å²) in [6, 6.07) is 3.84. The van der Waals surface area contributed by atoms with Gasteiger partial charge in [0.2, 0.25) is 0 Å². The first kappa shape index (κ1) is 12.9. The molecule has 94 valence electrons. The molecule has 0 aliphatic heterocycles. The highest BCUT2D eigenvalue weighted by Crippen LogP contribution is 2.26. The molecule has 0 radical (unpaired) electrons. The van der Waals surface area contributed by atoms with Crippen molar-refractivity contribution in [2.75, 3.05) is 17.3 Å². The molecule has 0 bridgehead atoms. The second-order valence-electron chi connectivity index (χ2n) is 3.48. The average molecular weight is 282 g/mol. The molecule has 2 rings (SSSR count). The summed E-state index contributed by atoms with van der Waals surface area (Å²) < 4.78 is 0. The van der Waals surface area contributed by atoms with E-state index in [1.807, 2.05) is 18.4 Å². The zero-order chi connectivity index (χ0) is 13.0. The largest absolute Gasteiger partial charge is 0.393 e. The summed E-state index contributed by atoms with van der Waals surface area (Å²) >= 11 is 7.35. The highest BCUT2D eigenvalue weighted by molar-refractivity contribution is 7.98. The van der Waals surface area contributed by atoms with Gasteiger partial charge in [-0.05, 0) is 17.9 Å². The summed E-state index contributed by atoms with van der Waals surface area (Å²) in [6.45, 7) is 0.583. The predicted octanol–water partition coefficient (Wildman–Crippen LogP) is 2.44. The molecule has 0 saturated heterocycles. The van der Waals surface area contributed by atoms with Gasteiger partial charge < -0.3 is 11.1 Å². The average Bonchev–Trinajstić information content (AvgIpc) is 2.41. The van der Waals surface area contributed by atoms with Gasteiger partial charge in [0.1, 0.15) is 5.69 Å². The maximum Gasteiger partial charge on any atom is 0.190 e. The lowest BCUT2D eigenvalue weighted by Crippen LogP contribution is -2.07. The van der Waals surface area contributed by atoms with Gasteiger partial charge in [0, 0.05) is 18.9 Å². The molecule has 3 N–H and O–H groups in total. The number of hydrogen-bond acceptors (Lipinski definition) is 6. The zero-order valence-electron chi connectivity index (χ0n) is 9.72. The Kier molecular flexibility index (Phi) is 4.22. The first-order valence-electron chi connectivity index (χ1n) is 5.20. The van der Waals surface area contributed by atoms with Crippen LogP contribution in [0.25, 0.3) is 0 Å². The Morgan fingerprint density at radius 1 is 1.44 bits per heavy atom. The fraction of sp³-hybridized carbons (Fsp3) is 0.182. The lowest BCUT2D eigenvalue weighted by molar-refractivity contribution is 0.959. The van der Waals surface area contributed by atoms with E-state index in [2.05, 4.69) is 20.3 Å². The van der Waals surface area contributed by atoms with Crippen LogP contribution in [0.1, 0.15) is 5.56 Å². The standard InChI is InChI=1S/C11H12ClN5S/c1-18-11-16-9(12)8(13)10(17-11)15-6-7-3-2-4-14-5-7/h2-5H,6,13H2,1H3,(H,15,16,17). The van der Waals surface area contributed by atoms with Crippen LogP contribution in [0.4, 0.5) is 11.5 Å². The summed E-state index contributed by atoms with van der Waals surface area (Å²) in [5, 5.41) is 3.98. The lowest BCUT2D eigenvalue weighted by Gasteiger charge is -2.10. The Morgan fingerprint density at radius 2 is 2.28 bits per heavy atom. The Bertz CT molecular complexity index is 534. The number of nitrogens with one attached hydrogen (secondary N) is 1. The van der Waals surface area contributed by atoms with Crippen molar-refractivity contribution in [1.82, 2.24) is 15.0 Å². The van der Waals surface area contributed by atoms with E-state index < -0.39 is 0 Å². The molecule has 0 atom stereocenters. The van der Waals surface area contributed by atoms with Gasteiger partial charge in [0.15, 0.2) is 16.1 Å². The van der Waals surface area contributed by atoms with Crippen molar-refractivity contribution in [2.24, 2.45) is 0 Å². The third-order valence-electron chi connectivity index (χ3n) is 2.24. The van der Waals surface area contributed by atoms with Crippen molar-refractivity contribution in [1.29, 1.82) is 0 Å². The maximum absolute atomic E-state index is 5.94. The van der Waals surface area contributed by atoms with E-state index >= 15 is 0 Å². The summed E-state index contributed by atoms with van der Waals surface area (Å²) in [5.74, 6) is 0.545. The quantitative estimate of drug-likeness (QED) is 0.509. The molecule has 0 unspecified atom stereocenters. The van der Waals surface area contributed by atoms with Gasteiger partial charge in [-0.25, -0.2) is 9.97 Å². The SMILES string of the molecule is CSc1nc(Cl)c(N)c(NCc2cccnc2)n1. The van der Waals surface area contributed by atoms with E-state index in [0.717, 1.165) is 5.56 Å². The molecule has 5 nitrogen and oxygen atoms in total. The minimum Gasteiger partial charge on any atom is -0.393 e. The van der Waals surface area contributed by atoms with Crippen molar-refractivity contribution in [3.05, 3.63) is 35.2 Å². The monoisotopic (exact) mass is 281 g/mol. The molecule has 18 heavy (non-hydrogen) atoms. The second-order valence-corrected chi connectivity index (χ2v) is 4.61. The number of hydrogen-bond donors (Lipinski definition) is 2. The van der Waals surface area contributed by atoms with Crippen molar-refractivity contribution < 1.29 is 0 Å². The minimum atomic E-state index is 0.267. The normalized spacial score (nSPS) is 10.3. The molecular weight excluding hydrogens is 270 g/mol. The van der Waals surface area contributed by atoms with Crippen LogP contribution < -0.4 is 11.1 Å². The summed E-state index contributed by atoms with van der Waals surface area (Å²) in [6.07, 6.45) is 5.39. The molecule has 0 saturated carbocycles. The smallest absolute Gasteiger partial charge is 0.190 e. The molecule has 0 aromatic carbocycles. The van der Waals surface area contributed by atoms with Crippen LogP contribution in [-0.2, 0) is 6.54 Å². The Balaban J connectivity index is 2.16. The molecule has 0 aliphatic carbocycles. The van der Waals surface area contributed by atoms with Crippen molar-refractivity contribution >= 4 is 34.9 Å². The van der Waals surface area contributed by atoms with Gasteiger partial charge >= 0.3 is 0 Å². The number of thioether (sulfide) groups is 1. The van der Waals surface area contributed by atoms with Gasteiger partial charge in [-0.2, -0.15) is 0 Å². The number of rotatable bonds is 4. The van der Waals surface area contributed by atoms with Gasteiger partial charge in [0.25, 0.3) is 0 Å². The third kappa shape index (κ3) is 3.02. The lowest BCUT2D eigenvalue weighted by atomic mass is 10.3. The van der Waals surface area contributed by atoms with Crippen molar-refractivity contribution in [2.45, 2.75) is 11.7 Å². The van der Waals surface area contributed by atoms with Gasteiger partial charge in [-0.3, -0.25) is 4.98 Å². The summed E-state index contributed by atoms with van der Waals surface area (Å²) in [5.41, 5.74) is 7.22. The number of anilines is 2. The molecular formula is C11H12ClN5S. The minimum absolute atomic E-state index is 0.267. The van der Waals surface area contributed by atoms with E-state index in [1.165, 1.54) is 11.8 Å². The predicted molar refractivity (Wildman–Crippen MR) is 74.8 cm³/mol. The van der Waals surface area contributed by atoms with Crippen LogP contribution >= 0.6 is 23.4 Å². The second kappa shape index (κ2) is 5.88. The Labute approximate surface area is 114 Å². The van der Waals surface area contributed by atoms with Crippen LogP contribution in [0, 0.1) is 0 Å². The molecule has 0 fully saturated rings. The van der Waals surface area contributed by atoms with E-state index in [0.29, 0.717) is 23.2 Å². The van der Waals surface area contributed by atoms with Crippen LogP contribution in [0.3, 0.4) is 0 Å². The third-order valence-corrected chi connectivity index (χ3v) is 3.08. The maximum atomic E-state index is 5.94. The van der Waals surface area contributed by atoms with E-state index in [-0.39, 0.29) is 5.15 Å². The summed E-state index contributed by atoms with van der Waals surface area (Å²) in [4.78, 5) is 12.4. The van der Waals surface area contributed by atoms with E-state index in [4.69, 9.17) is 17.3 Å². The van der Waals surface area contributed by atoms with E-state index in [9.17, 15) is 0 Å². The highest BCUT2D eigenvalue weighted by atomic mass is 35.5. The van der Waals surface area contributed by atoms with Crippen LogP contribution in [0.5, 0.6) is 0 Å². The van der Waals surface area contributed by atoms with Gasteiger partial charge in [0.05, 0.1) is 0 Å². The Morgan fingerprint density at radius 3 is 2.94 bits per heavy atom. The molecule has 0 spiro atoms. The zero-order valence-corrected chi connectivity index (χ0v) is 11.3. The number of aromatic nitrogens is 3. The fourth-order valence-corrected chi connectivity index (χ4v) is 1.92. The molecule has 7 heteroatoms. The number of nitrogens with two attached hydrogens (primary N) is 1. The fourth-order valence-electron chi connectivity index (χ4n) is 1.34. The van der Waals surface area contributed by atoms with Crippen LogP contribution in [0.15, 0.2) is 29.7 Å². The number of nitrogen functional groups attached to an aromatic ring is 1. The van der Waals surface area contributed by atoms with Crippen LogP contribution in [0.2, 0.25) is 5.15 Å². The molecule has 2 heterocycles. The van der Waals surface area contributed by atoms with Crippen molar-refractivity contribution in [3.8, 4) is 0 Å².